The van der Waals surface area contributed by atoms with Gasteiger partial charge in [0.2, 0.25) is 10.0 Å². The Morgan fingerprint density at radius 1 is 0.882 bits per heavy atom. The first-order chi connectivity index (χ1) is 16.3. The monoisotopic (exact) mass is 505 g/mol. The lowest BCUT2D eigenvalue weighted by Crippen LogP contribution is -2.40. The molecule has 4 rings (SSSR count). The molecular weight excluding hydrogens is 482 g/mol. The van der Waals surface area contributed by atoms with Crippen LogP contribution in [0.3, 0.4) is 0 Å². The number of furan rings is 1. The lowest BCUT2D eigenvalue weighted by molar-refractivity contribution is 0.0730. The highest BCUT2D eigenvalue weighted by Crippen LogP contribution is 2.23. The van der Waals surface area contributed by atoms with Crippen molar-refractivity contribution in [1.29, 1.82) is 0 Å². The molecule has 1 aromatic heterocycles. The van der Waals surface area contributed by atoms with Gasteiger partial charge in [-0.05, 0) is 48.5 Å². The molecule has 0 spiro atoms. The first-order valence-electron chi connectivity index (χ1n) is 10.4. The molecule has 0 radical (unpaired) electrons. The molecule has 34 heavy (non-hydrogen) atoms. The molecule has 1 amide bonds. The van der Waals surface area contributed by atoms with Crippen molar-refractivity contribution in [3.05, 3.63) is 78.3 Å². The number of ether oxygens (including phenoxy) is 1. The quantitative estimate of drug-likeness (QED) is 0.478. The van der Waals surface area contributed by atoms with Gasteiger partial charge in [-0.25, -0.2) is 16.8 Å². The second-order valence-electron chi connectivity index (χ2n) is 7.40. The van der Waals surface area contributed by atoms with Crippen LogP contribution >= 0.6 is 0 Å². The summed E-state index contributed by atoms with van der Waals surface area (Å²) < 4.78 is 65.5. The van der Waals surface area contributed by atoms with E-state index in [2.05, 4.69) is 10.0 Å². The standard InChI is InChI=1S/C22H23N3O7S2/c26-22(23-16-17-4-3-13-32-17)20-5-1-2-6-21(20)24-33(27,28)18-7-9-19(10-8-18)34(29,30)25-11-14-31-15-12-25/h1-10,13,24H,11-12,14-16H2,(H,23,26). The zero-order chi connectivity index (χ0) is 24.2. The van der Waals surface area contributed by atoms with Crippen LogP contribution in [0.5, 0.6) is 0 Å². The molecule has 1 saturated heterocycles. The first kappa shape index (κ1) is 24.0. The van der Waals surface area contributed by atoms with E-state index < -0.39 is 26.0 Å². The van der Waals surface area contributed by atoms with Gasteiger partial charge in [0.15, 0.2) is 0 Å². The number of benzene rings is 2. The summed E-state index contributed by atoms with van der Waals surface area (Å²) in [4.78, 5) is 12.5. The number of amides is 1. The molecule has 10 nitrogen and oxygen atoms in total. The van der Waals surface area contributed by atoms with Crippen LogP contribution in [0.4, 0.5) is 5.69 Å². The summed E-state index contributed by atoms with van der Waals surface area (Å²) in [5.74, 6) is 0.0696. The fourth-order valence-electron chi connectivity index (χ4n) is 3.38. The number of morpholine rings is 1. The van der Waals surface area contributed by atoms with E-state index >= 15 is 0 Å². The van der Waals surface area contributed by atoms with Gasteiger partial charge in [0, 0.05) is 13.1 Å². The van der Waals surface area contributed by atoms with Crippen molar-refractivity contribution in [2.45, 2.75) is 16.3 Å². The molecule has 2 N–H and O–H groups in total. The maximum absolute atomic E-state index is 12.9. The number of nitrogens with zero attached hydrogens (tertiary/aromatic N) is 1. The topological polar surface area (TPSA) is 135 Å². The summed E-state index contributed by atoms with van der Waals surface area (Å²) in [6.45, 7) is 1.24. The molecule has 1 fully saturated rings. The molecule has 12 heteroatoms. The van der Waals surface area contributed by atoms with Gasteiger partial charge in [0.1, 0.15) is 5.76 Å². The number of para-hydroxylation sites is 1. The van der Waals surface area contributed by atoms with E-state index in [1.807, 2.05) is 0 Å². The number of hydrogen-bond acceptors (Lipinski definition) is 7. The predicted molar refractivity (Wildman–Crippen MR) is 123 cm³/mol. The summed E-state index contributed by atoms with van der Waals surface area (Å²) in [6, 6.07) is 14.5. The van der Waals surface area contributed by atoms with E-state index in [1.54, 1.807) is 24.3 Å². The molecule has 1 aliphatic heterocycles. The lowest BCUT2D eigenvalue weighted by atomic mass is 10.1. The Morgan fingerprint density at radius 3 is 2.24 bits per heavy atom. The maximum atomic E-state index is 12.9. The van der Waals surface area contributed by atoms with Crippen LogP contribution in [0.1, 0.15) is 16.1 Å². The normalized spacial score (nSPS) is 15.1. The molecule has 0 aliphatic carbocycles. The number of nitrogens with one attached hydrogen (secondary N) is 2. The van der Waals surface area contributed by atoms with Gasteiger partial charge < -0.3 is 14.5 Å². The minimum absolute atomic E-state index is 0.00828. The van der Waals surface area contributed by atoms with E-state index in [1.165, 1.54) is 47.0 Å². The van der Waals surface area contributed by atoms with Gasteiger partial charge in [0.25, 0.3) is 15.9 Å². The fraction of sp³-hybridized carbons (Fsp3) is 0.227. The Labute approximate surface area is 197 Å². The first-order valence-corrected chi connectivity index (χ1v) is 13.3. The summed E-state index contributed by atoms with van der Waals surface area (Å²) in [6.07, 6.45) is 1.49. The van der Waals surface area contributed by atoms with Crippen LogP contribution in [0.25, 0.3) is 0 Å². The Balaban J connectivity index is 1.50. The zero-order valence-corrected chi connectivity index (χ0v) is 19.6. The van der Waals surface area contributed by atoms with Crippen LogP contribution in [0.2, 0.25) is 0 Å². The number of sulfonamides is 2. The van der Waals surface area contributed by atoms with Gasteiger partial charge >= 0.3 is 0 Å². The van der Waals surface area contributed by atoms with Crippen LogP contribution < -0.4 is 10.0 Å². The highest BCUT2D eigenvalue weighted by atomic mass is 32.2. The summed E-state index contributed by atoms with van der Waals surface area (Å²) in [5.41, 5.74) is 0.216. The lowest BCUT2D eigenvalue weighted by Gasteiger charge is -2.26. The molecule has 1 aliphatic rings. The van der Waals surface area contributed by atoms with Crippen LogP contribution in [-0.4, -0.2) is 53.4 Å². The van der Waals surface area contributed by atoms with E-state index in [0.29, 0.717) is 19.0 Å². The van der Waals surface area contributed by atoms with Crippen LogP contribution in [0.15, 0.2) is 81.1 Å². The Kier molecular flexibility index (Phi) is 7.03. The van der Waals surface area contributed by atoms with E-state index in [4.69, 9.17) is 9.15 Å². The van der Waals surface area contributed by atoms with Crippen molar-refractivity contribution in [2.24, 2.45) is 0 Å². The minimum atomic E-state index is -4.09. The van der Waals surface area contributed by atoms with Crippen molar-refractivity contribution in [2.75, 3.05) is 31.0 Å². The maximum Gasteiger partial charge on any atom is 0.261 e. The second-order valence-corrected chi connectivity index (χ2v) is 11.0. The van der Waals surface area contributed by atoms with E-state index in [0.717, 1.165) is 0 Å². The van der Waals surface area contributed by atoms with Crippen molar-refractivity contribution < 1.29 is 30.8 Å². The van der Waals surface area contributed by atoms with Crippen molar-refractivity contribution in [3.63, 3.8) is 0 Å². The van der Waals surface area contributed by atoms with E-state index in [9.17, 15) is 21.6 Å². The molecular formula is C22H23N3O7S2. The van der Waals surface area contributed by atoms with Gasteiger partial charge in [-0.2, -0.15) is 4.31 Å². The van der Waals surface area contributed by atoms with Crippen molar-refractivity contribution in [1.82, 2.24) is 9.62 Å². The van der Waals surface area contributed by atoms with Gasteiger partial charge in [-0.15, -0.1) is 0 Å². The summed E-state index contributed by atoms with van der Waals surface area (Å²) in [5, 5.41) is 2.67. The number of rotatable bonds is 8. The minimum Gasteiger partial charge on any atom is -0.467 e. The smallest absolute Gasteiger partial charge is 0.261 e. The Hall–Kier alpha value is -3.19. The molecule has 0 unspecified atom stereocenters. The van der Waals surface area contributed by atoms with E-state index in [-0.39, 0.29) is 40.7 Å². The molecule has 2 heterocycles. The Bertz CT molecular complexity index is 1350. The molecule has 0 atom stereocenters. The SMILES string of the molecule is O=C(NCc1ccco1)c1ccccc1NS(=O)(=O)c1ccc(S(=O)(=O)N2CCOCC2)cc1. The number of hydrogen-bond donors (Lipinski definition) is 2. The third kappa shape index (κ3) is 5.30. The van der Waals surface area contributed by atoms with Gasteiger partial charge in [-0.3, -0.25) is 9.52 Å². The summed E-state index contributed by atoms with van der Waals surface area (Å²) >= 11 is 0. The van der Waals surface area contributed by atoms with Crippen LogP contribution in [0, 0.1) is 0 Å². The average molecular weight is 506 g/mol. The zero-order valence-electron chi connectivity index (χ0n) is 18.0. The summed E-state index contributed by atoms with van der Waals surface area (Å²) in [7, 11) is -7.84. The largest absolute Gasteiger partial charge is 0.467 e. The molecule has 2 aromatic carbocycles. The fourth-order valence-corrected chi connectivity index (χ4v) is 5.86. The number of anilines is 1. The van der Waals surface area contributed by atoms with Crippen molar-refractivity contribution in [3.8, 4) is 0 Å². The molecule has 180 valence electrons. The highest BCUT2D eigenvalue weighted by molar-refractivity contribution is 7.92. The molecule has 0 bridgehead atoms. The number of carbonyl (C=O) groups is 1. The molecule has 3 aromatic rings. The molecule has 0 saturated carbocycles. The average Bonchev–Trinajstić information content (AvgIpc) is 3.37. The predicted octanol–water partition coefficient (Wildman–Crippen LogP) is 2.03. The third-order valence-electron chi connectivity index (χ3n) is 5.16. The highest BCUT2D eigenvalue weighted by Gasteiger charge is 2.27. The van der Waals surface area contributed by atoms with Gasteiger partial charge in [-0.1, -0.05) is 12.1 Å². The second kappa shape index (κ2) is 9.97. The third-order valence-corrected chi connectivity index (χ3v) is 8.46. The van der Waals surface area contributed by atoms with Gasteiger partial charge in [0.05, 0.1) is 47.1 Å². The van der Waals surface area contributed by atoms with Crippen molar-refractivity contribution >= 4 is 31.6 Å². The number of carbonyl (C=O) groups excluding carboxylic acids is 1. The van der Waals surface area contributed by atoms with Crippen LogP contribution in [-0.2, 0) is 31.3 Å². The Morgan fingerprint density at radius 2 is 1.56 bits per heavy atom.